The average Bonchev–Trinajstić information content (AvgIpc) is 2.89. The van der Waals surface area contributed by atoms with Crippen LogP contribution < -0.4 is 10.6 Å². The van der Waals surface area contributed by atoms with E-state index in [9.17, 15) is 0 Å². The number of pyridine rings is 1. The maximum absolute atomic E-state index is 4.62. The molecule has 0 aliphatic heterocycles. The summed E-state index contributed by atoms with van der Waals surface area (Å²) in [6.07, 6.45) is 5.17. The zero-order chi connectivity index (χ0) is 13.5. The number of hydrogen-bond acceptors (Lipinski definition) is 2. The number of nitrogens with zero attached hydrogens (tertiary/aromatic N) is 2. The Kier molecular flexibility index (Phi) is 5.19. The Morgan fingerprint density at radius 1 is 1.37 bits per heavy atom. The standard InChI is InChI=1S/C15H24N4/c1-3-16-15(19-13-8-4-5-9-13)17-11-14-10-6-7-12(2)18-14/h6-7,10,13H,3-5,8-9,11H2,1-2H3,(H2,16,17,19). The van der Waals surface area contributed by atoms with Crippen LogP contribution in [0.4, 0.5) is 0 Å². The average molecular weight is 260 g/mol. The van der Waals surface area contributed by atoms with E-state index < -0.39 is 0 Å². The van der Waals surface area contributed by atoms with Gasteiger partial charge < -0.3 is 10.6 Å². The molecule has 4 heteroatoms. The van der Waals surface area contributed by atoms with Gasteiger partial charge in [-0.15, -0.1) is 0 Å². The highest BCUT2D eigenvalue weighted by Gasteiger charge is 2.15. The van der Waals surface area contributed by atoms with Gasteiger partial charge in [-0.2, -0.15) is 0 Å². The molecule has 1 saturated carbocycles. The van der Waals surface area contributed by atoms with Crippen LogP contribution in [-0.4, -0.2) is 23.5 Å². The van der Waals surface area contributed by atoms with Crippen molar-refractivity contribution in [2.75, 3.05) is 6.54 Å². The highest BCUT2D eigenvalue weighted by atomic mass is 15.2. The lowest BCUT2D eigenvalue weighted by Gasteiger charge is -2.16. The third-order valence-electron chi connectivity index (χ3n) is 3.39. The fourth-order valence-electron chi connectivity index (χ4n) is 2.43. The summed E-state index contributed by atoms with van der Waals surface area (Å²) >= 11 is 0. The molecule has 0 unspecified atom stereocenters. The molecule has 4 nitrogen and oxygen atoms in total. The van der Waals surface area contributed by atoms with Gasteiger partial charge in [0, 0.05) is 18.3 Å². The Bertz CT molecular complexity index is 422. The maximum atomic E-state index is 4.62. The SMILES string of the molecule is CCNC(=NCc1cccc(C)n1)NC1CCCC1. The van der Waals surface area contributed by atoms with Crippen LogP contribution in [0.15, 0.2) is 23.2 Å². The van der Waals surface area contributed by atoms with Gasteiger partial charge in [0.1, 0.15) is 0 Å². The van der Waals surface area contributed by atoms with Crippen molar-refractivity contribution in [1.82, 2.24) is 15.6 Å². The molecule has 1 aromatic heterocycles. The summed E-state index contributed by atoms with van der Waals surface area (Å²) in [7, 11) is 0. The minimum Gasteiger partial charge on any atom is -0.357 e. The summed E-state index contributed by atoms with van der Waals surface area (Å²) in [6, 6.07) is 6.65. The van der Waals surface area contributed by atoms with Crippen LogP contribution in [0.25, 0.3) is 0 Å². The first kappa shape index (κ1) is 13.8. The summed E-state index contributed by atoms with van der Waals surface area (Å²) in [5, 5.41) is 6.82. The molecule has 1 aliphatic carbocycles. The second kappa shape index (κ2) is 7.12. The Balaban J connectivity index is 1.95. The van der Waals surface area contributed by atoms with Gasteiger partial charge in [0.05, 0.1) is 12.2 Å². The lowest BCUT2D eigenvalue weighted by molar-refractivity contribution is 0.613. The predicted octanol–water partition coefficient (Wildman–Crippen LogP) is 2.39. The van der Waals surface area contributed by atoms with Crippen LogP contribution in [0.3, 0.4) is 0 Å². The summed E-state index contributed by atoms with van der Waals surface area (Å²) in [4.78, 5) is 9.09. The second-order valence-corrected chi connectivity index (χ2v) is 5.09. The molecule has 1 fully saturated rings. The molecule has 1 aliphatic rings. The van der Waals surface area contributed by atoms with Crippen LogP contribution >= 0.6 is 0 Å². The van der Waals surface area contributed by atoms with E-state index >= 15 is 0 Å². The van der Waals surface area contributed by atoms with E-state index in [-0.39, 0.29) is 0 Å². The molecule has 1 aromatic rings. The van der Waals surface area contributed by atoms with Crippen LogP contribution in [0, 0.1) is 6.92 Å². The van der Waals surface area contributed by atoms with Crippen molar-refractivity contribution in [1.29, 1.82) is 0 Å². The molecule has 0 amide bonds. The Morgan fingerprint density at radius 2 is 2.16 bits per heavy atom. The van der Waals surface area contributed by atoms with Crippen LogP contribution in [-0.2, 0) is 6.54 Å². The lowest BCUT2D eigenvalue weighted by atomic mass is 10.2. The Hall–Kier alpha value is -1.58. The number of hydrogen-bond donors (Lipinski definition) is 2. The molecule has 0 aromatic carbocycles. The predicted molar refractivity (Wildman–Crippen MR) is 79.2 cm³/mol. The number of nitrogens with one attached hydrogen (secondary N) is 2. The van der Waals surface area contributed by atoms with Crippen molar-refractivity contribution < 1.29 is 0 Å². The van der Waals surface area contributed by atoms with Crippen LogP contribution in [0.1, 0.15) is 44.0 Å². The normalized spacial score (nSPS) is 16.6. The molecule has 104 valence electrons. The van der Waals surface area contributed by atoms with Crippen molar-refractivity contribution in [3.05, 3.63) is 29.6 Å². The van der Waals surface area contributed by atoms with Crippen LogP contribution in [0.2, 0.25) is 0 Å². The summed E-state index contributed by atoms with van der Waals surface area (Å²) < 4.78 is 0. The van der Waals surface area contributed by atoms with E-state index in [1.165, 1.54) is 25.7 Å². The second-order valence-electron chi connectivity index (χ2n) is 5.09. The number of aryl methyl sites for hydroxylation is 1. The topological polar surface area (TPSA) is 49.3 Å². The van der Waals surface area contributed by atoms with Crippen molar-refractivity contribution >= 4 is 5.96 Å². The first-order valence-corrected chi connectivity index (χ1v) is 7.25. The first-order valence-electron chi connectivity index (χ1n) is 7.25. The molecular weight excluding hydrogens is 236 g/mol. The van der Waals surface area contributed by atoms with Crippen molar-refractivity contribution in [2.24, 2.45) is 4.99 Å². The molecule has 0 saturated heterocycles. The Labute approximate surface area is 115 Å². The number of aromatic nitrogens is 1. The molecule has 19 heavy (non-hydrogen) atoms. The minimum absolute atomic E-state index is 0.586. The van der Waals surface area contributed by atoms with E-state index in [2.05, 4.69) is 27.5 Å². The number of rotatable bonds is 4. The Morgan fingerprint density at radius 3 is 2.84 bits per heavy atom. The minimum atomic E-state index is 0.586. The third kappa shape index (κ3) is 4.54. The van der Waals surface area contributed by atoms with E-state index in [1.54, 1.807) is 0 Å². The van der Waals surface area contributed by atoms with Gasteiger partial charge in [0.25, 0.3) is 0 Å². The van der Waals surface area contributed by atoms with Gasteiger partial charge >= 0.3 is 0 Å². The summed E-state index contributed by atoms with van der Waals surface area (Å²) in [5.41, 5.74) is 2.06. The molecule has 2 N–H and O–H groups in total. The van der Waals surface area contributed by atoms with Crippen molar-refractivity contribution in [3.8, 4) is 0 Å². The summed E-state index contributed by atoms with van der Waals surface area (Å²) in [6.45, 7) is 5.62. The highest BCUT2D eigenvalue weighted by molar-refractivity contribution is 5.80. The third-order valence-corrected chi connectivity index (χ3v) is 3.39. The van der Waals surface area contributed by atoms with Gasteiger partial charge in [-0.1, -0.05) is 18.9 Å². The van der Waals surface area contributed by atoms with E-state index in [4.69, 9.17) is 0 Å². The quantitative estimate of drug-likeness (QED) is 0.645. The highest BCUT2D eigenvalue weighted by Crippen LogP contribution is 2.17. The van der Waals surface area contributed by atoms with Gasteiger partial charge in [-0.25, -0.2) is 4.99 Å². The van der Waals surface area contributed by atoms with Gasteiger partial charge in [-0.05, 0) is 38.8 Å². The molecule has 2 rings (SSSR count). The maximum Gasteiger partial charge on any atom is 0.191 e. The molecular formula is C15H24N4. The van der Waals surface area contributed by atoms with Gasteiger partial charge in [0.15, 0.2) is 5.96 Å². The number of aliphatic imine (C=N–C) groups is 1. The lowest BCUT2D eigenvalue weighted by Crippen LogP contribution is -2.42. The fraction of sp³-hybridized carbons (Fsp3) is 0.600. The molecule has 0 spiro atoms. The molecule has 0 bridgehead atoms. The molecule has 0 atom stereocenters. The molecule has 1 heterocycles. The largest absolute Gasteiger partial charge is 0.357 e. The summed E-state index contributed by atoms with van der Waals surface area (Å²) in [5.74, 6) is 0.915. The monoisotopic (exact) mass is 260 g/mol. The number of guanidine groups is 1. The molecule has 0 radical (unpaired) electrons. The van der Waals surface area contributed by atoms with E-state index in [1.807, 2.05) is 25.1 Å². The smallest absolute Gasteiger partial charge is 0.191 e. The first-order chi connectivity index (χ1) is 9.28. The van der Waals surface area contributed by atoms with Crippen molar-refractivity contribution in [3.63, 3.8) is 0 Å². The van der Waals surface area contributed by atoms with Crippen molar-refractivity contribution in [2.45, 2.75) is 52.1 Å². The zero-order valence-corrected chi connectivity index (χ0v) is 11.9. The van der Waals surface area contributed by atoms with Crippen LogP contribution in [0.5, 0.6) is 0 Å². The zero-order valence-electron chi connectivity index (χ0n) is 11.9. The van der Waals surface area contributed by atoms with E-state index in [0.29, 0.717) is 12.6 Å². The van der Waals surface area contributed by atoms with Gasteiger partial charge in [0.2, 0.25) is 0 Å². The fourth-order valence-corrected chi connectivity index (χ4v) is 2.43. The van der Waals surface area contributed by atoms with E-state index in [0.717, 1.165) is 23.9 Å². The van der Waals surface area contributed by atoms with Gasteiger partial charge in [-0.3, -0.25) is 4.98 Å².